The molecule has 0 radical (unpaired) electrons. The minimum absolute atomic E-state index is 0.279. The normalized spacial score (nSPS) is 11.3. The van der Waals surface area contributed by atoms with Gasteiger partial charge in [0, 0.05) is 23.6 Å². The Morgan fingerprint density at radius 1 is 1.18 bits per heavy atom. The van der Waals surface area contributed by atoms with Crippen LogP contribution in [0.1, 0.15) is 30.4 Å². The molecule has 0 atom stereocenters. The van der Waals surface area contributed by atoms with E-state index in [-0.39, 0.29) is 5.13 Å². The van der Waals surface area contributed by atoms with Crippen LogP contribution in [-0.4, -0.2) is 16.0 Å². The third-order valence-corrected chi connectivity index (χ3v) is 4.39. The number of thiazole rings is 1. The van der Waals surface area contributed by atoms with Gasteiger partial charge >= 0.3 is 6.03 Å². The van der Waals surface area contributed by atoms with Crippen molar-refractivity contribution in [3.63, 3.8) is 0 Å². The molecule has 2 N–H and O–H groups in total. The van der Waals surface area contributed by atoms with Gasteiger partial charge in [0.2, 0.25) is 5.89 Å². The lowest BCUT2D eigenvalue weighted by atomic mass is 10.1. The van der Waals surface area contributed by atoms with E-state index in [1.807, 2.05) is 0 Å². The summed E-state index contributed by atoms with van der Waals surface area (Å²) in [5, 5.41) is 4.86. The second kappa shape index (κ2) is 8.75. The fourth-order valence-electron chi connectivity index (χ4n) is 2.33. The van der Waals surface area contributed by atoms with Gasteiger partial charge in [0.1, 0.15) is 23.1 Å². The molecule has 2 amide bonds. The van der Waals surface area contributed by atoms with E-state index in [4.69, 9.17) is 4.42 Å². The van der Waals surface area contributed by atoms with Gasteiger partial charge in [-0.3, -0.25) is 5.32 Å². The third kappa shape index (κ3) is 5.23. The fourth-order valence-corrected chi connectivity index (χ4v) is 3.04. The summed E-state index contributed by atoms with van der Waals surface area (Å²) < 4.78 is 32.7. The van der Waals surface area contributed by atoms with E-state index >= 15 is 0 Å². The van der Waals surface area contributed by atoms with Crippen LogP contribution in [0.5, 0.6) is 0 Å². The van der Waals surface area contributed by atoms with Crippen molar-refractivity contribution in [2.45, 2.75) is 20.3 Å². The predicted octanol–water partition coefficient (Wildman–Crippen LogP) is 5.42. The lowest BCUT2D eigenvalue weighted by molar-refractivity contribution is 0.262. The predicted molar refractivity (Wildman–Crippen MR) is 105 cm³/mol. The van der Waals surface area contributed by atoms with Crippen LogP contribution < -0.4 is 10.6 Å². The number of nitrogens with one attached hydrogen (secondary N) is 2. The summed E-state index contributed by atoms with van der Waals surface area (Å²) in [6.07, 6.45) is 7.52. The number of urea groups is 1. The molecule has 9 heteroatoms. The van der Waals surface area contributed by atoms with Crippen LogP contribution in [-0.2, 0) is 6.42 Å². The van der Waals surface area contributed by atoms with E-state index in [1.54, 1.807) is 24.5 Å². The number of para-hydroxylation sites is 1. The van der Waals surface area contributed by atoms with Crippen LogP contribution in [0.2, 0.25) is 0 Å². The Hall–Kier alpha value is -3.07. The maximum atomic E-state index is 13.6. The van der Waals surface area contributed by atoms with E-state index in [0.29, 0.717) is 11.8 Å². The van der Waals surface area contributed by atoms with Crippen LogP contribution >= 0.6 is 11.3 Å². The molecule has 0 aliphatic carbocycles. The number of oxazole rings is 1. The zero-order valence-electron chi connectivity index (χ0n) is 15.2. The molecular weight excluding hydrogens is 386 g/mol. The van der Waals surface area contributed by atoms with Crippen molar-refractivity contribution >= 4 is 40.3 Å². The molecular formula is C19H18F2N4O2S. The summed E-state index contributed by atoms with van der Waals surface area (Å²) in [6, 6.07) is 2.53. The first-order valence-electron chi connectivity index (χ1n) is 8.51. The third-order valence-electron chi connectivity index (χ3n) is 3.52. The van der Waals surface area contributed by atoms with Crippen LogP contribution in [0.25, 0.3) is 12.2 Å². The number of nitrogens with zero attached hydrogens (tertiary/aromatic N) is 2. The fraction of sp³-hybridized carbons (Fsp3) is 0.211. The van der Waals surface area contributed by atoms with Gasteiger partial charge in [0.15, 0.2) is 5.13 Å². The van der Waals surface area contributed by atoms with Crippen molar-refractivity contribution < 1.29 is 18.0 Å². The Morgan fingerprint density at radius 3 is 2.64 bits per heavy atom. The first kappa shape index (κ1) is 19.7. The summed E-state index contributed by atoms with van der Waals surface area (Å²) in [7, 11) is 0. The maximum absolute atomic E-state index is 13.6. The minimum atomic E-state index is -0.860. The smallest absolute Gasteiger partial charge is 0.325 e. The van der Waals surface area contributed by atoms with Gasteiger partial charge in [0.05, 0.1) is 6.20 Å². The standard InChI is InChI=1S/C19H18F2N4O2S/c1-11(2)8-12-9-22-16(27-12)7-6-13-10-23-19(28-13)25-18(26)24-17-14(20)4-3-5-15(17)21/h3-7,9-11H,8H2,1-2H3,(H2,23,24,25,26)/b7-6+. The van der Waals surface area contributed by atoms with Crippen molar-refractivity contribution in [2.24, 2.45) is 5.92 Å². The van der Waals surface area contributed by atoms with E-state index in [9.17, 15) is 13.6 Å². The van der Waals surface area contributed by atoms with E-state index in [2.05, 4.69) is 34.4 Å². The number of halogens is 2. The molecule has 0 unspecified atom stereocenters. The molecule has 3 rings (SSSR count). The van der Waals surface area contributed by atoms with Gasteiger partial charge in [-0.15, -0.1) is 0 Å². The first-order valence-corrected chi connectivity index (χ1v) is 9.33. The molecule has 0 bridgehead atoms. The van der Waals surface area contributed by atoms with Gasteiger partial charge in [-0.2, -0.15) is 0 Å². The summed E-state index contributed by atoms with van der Waals surface area (Å²) in [5.74, 6) is 0.0509. The van der Waals surface area contributed by atoms with Crippen LogP contribution in [0.4, 0.5) is 24.4 Å². The van der Waals surface area contributed by atoms with E-state index in [0.717, 1.165) is 29.2 Å². The number of anilines is 2. The van der Waals surface area contributed by atoms with Gasteiger partial charge in [-0.25, -0.2) is 23.5 Å². The number of hydrogen-bond donors (Lipinski definition) is 2. The maximum Gasteiger partial charge on any atom is 0.325 e. The van der Waals surface area contributed by atoms with E-state index in [1.165, 1.54) is 17.4 Å². The van der Waals surface area contributed by atoms with Gasteiger partial charge in [0.25, 0.3) is 0 Å². The molecule has 0 saturated carbocycles. The summed E-state index contributed by atoms with van der Waals surface area (Å²) in [4.78, 5) is 20.9. The highest BCUT2D eigenvalue weighted by atomic mass is 32.1. The molecule has 2 heterocycles. The van der Waals surface area contributed by atoms with Gasteiger partial charge in [-0.1, -0.05) is 31.3 Å². The Labute approximate surface area is 164 Å². The molecule has 28 heavy (non-hydrogen) atoms. The molecule has 6 nitrogen and oxygen atoms in total. The molecule has 146 valence electrons. The lowest BCUT2D eigenvalue weighted by Crippen LogP contribution is -2.20. The van der Waals surface area contributed by atoms with Crippen molar-refractivity contribution in [2.75, 3.05) is 10.6 Å². The first-order chi connectivity index (χ1) is 13.4. The number of carbonyl (C=O) groups excluding carboxylic acids is 1. The molecule has 0 aliphatic heterocycles. The number of carbonyl (C=O) groups is 1. The van der Waals surface area contributed by atoms with Gasteiger partial charge in [-0.05, 0) is 24.1 Å². The zero-order valence-corrected chi connectivity index (χ0v) is 16.0. The number of amides is 2. The Balaban J connectivity index is 1.59. The molecule has 0 spiro atoms. The van der Waals surface area contributed by atoms with Crippen molar-refractivity contribution in [1.29, 1.82) is 0 Å². The second-order valence-corrected chi connectivity index (χ2v) is 7.40. The summed E-state index contributed by atoms with van der Waals surface area (Å²) in [6.45, 7) is 4.20. The highest BCUT2D eigenvalue weighted by Crippen LogP contribution is 2.22. The van der Waals surface area contributed by atoms with E-state index < -0.39 is 23.4 Å². The number of aromatic nitrogens is 2. The van der Waals surface area contributed by atoms with Crippen LogP contribution in [0, 0.1) is 17.6 Å². The number of hydrogen-bond acceptors (Lipinski definition) is 5. The van der Waals surface area contributed by atoms with Crippen LogP contribution in [0.15, 0.2) is 35.0 Å². The summed E-state index contributed by atoms with van der Waals surface area (Å²) >= 11 is 1.19. The minimum Gasteiger partial charge on any atom is -0.442 e. The topological polar surface area (TPSA) is 80.0 Å². The molecule has 0 saturated heterocycles. The quantitative estimate of drug-likeness (QED) is 0.575. The Kier molecular flexibility index (Phi) is 6.15. The summed E-state index contributed by atoms with van der Waals surface area (Å²) in [5.41, 5.74) is -0.516. The Bertz CT molecular complexity index is 977. The van der Waals surface area contributed by atoms with Crippen molar-refractivity contribution in [3.05, 3.63) is 58.8 Å². The highest BCUT2D eigenvalue weighted by Gasteiger charge is 2.13. The largest absolute Gasteiger partial charge is 0.442 e. The molecule has 0 aliphatic rings. The molecule has 0 fully saturated rings. The van der Waals surface area contributed by atoms with Crippen LogP contribution in [0.3, 0.4) is 0 Å². The highest BCUT2D eigenvalue weighted by molar-refractivity contribution is 7.16. The van der Waals surface area contributed by atoms with Crippen molar-refractivity contribution in [1.82, 2.24) is 9.97 Å². The van der Waals surface area contributed by atoms with Crippen molar-refractivity contribution in [3.8, 4) is 0 Å². The second-order valence-electron chi connectivity index (χ2n) is 6.34. The average molecular weight is 404 g/mol. The Morgan fingerprint density at radius 2 is 1.93 bits per heavy atom. The average Bonchev–Trinajstić information content (AvgIpc) is 3.25. The molecule has 2 aromatic heterocycles. The lowest BCUT2D eigenvalue weighted by Gasteiger charge is -2.07. The molecule has 1 aromatic carbocycles. The number of rotatable bonds is 6. The monoisotopic (exact) mass is 404 g/mol. The zero-order chi connectivity index (χ0) is 20.1. The molecule has 3 aromatic rings. The SMILES string of the molecule is CC(C)Cc1cnc(/C=C/c2cnc(NC(=O)Nc3c(F)cccc3F)s2)o1. The van der Waals surface area contributed by atoms with Gasteiger partial charge < -0.3 is 9.73 Å². The number of benzene rings is 1.